The van der Waals surface area contributed by atoms with E-state index in [-0.39, 0.29) is 5.82 Å². The van der Waals surface area contributed by atoms with Crippen LogP contribution in [0.25, 0.3) is 0 Å². The van der Waals surface area contributed by atoms with Gasteiger partial charge in [0.15, 0.2) is 0 Å². The van der Waals surface area contributed by atoms with Crippen LogP contribution in [0.15, 0.2) is 16.6 Å². The second-order valence-electron chi connectivity index (χ2n) is 3.36. The SMILES string of the molecule is CC1CCc2c(Br)ccc(F)c21. The van der Waals surface area contributed by atoms with Crippen molar-refractivity contribution in [2.24, 2.45) is 0 Å². The Morgan fingerprint density at radius 3 is 2.92 bits per heavy atom. The standard InChI is InChI=1S/C10H10BrF/c1-6-2-3-7-8(11)4-5-9(12)10(6)7/h4-6H,2-3H2,1H3. The Hall–Kier alpha value is -0.370. The van der Waals surface area contributed by atoms with Crippen molar-refractivity contribution in [3.8, 4) is 0 Å². The molecule has 0 saturated carbocycles. The fourth-order valence-corrected chi connectivity index (χ4v) is 2.45. The first-order valence-electron chi connectivity index (χ1n) is 4.17. The Labute approximate surface area is 79.9 Å². The lowest BCUT2D eigenvalue weighted by Crippen LogP contribution is -1.92. The normalized spacial score (nSPS) is 21.1. The first-order valence-corrected chi connectivity index (χ1v) is 4.96. The predicted molar refractivity (Wildman–Crippen MR) is 50.8 cm³/mol. The van der Waals surface area contributed by atoms with E-state index in [1.165, 1.54) is 5.56 Å². The van der Waals surface area contributed by atoms with Gasteiger partial charge in [-0.1, -0.05) is 22.9 Å². The molecule has 64 valence electrons. The van der Waals surface area contributed by atoms with Crippen LogP contribution in [-0.2, 0) is 6.42 Å². The van der Waals surface area contributed by atoms with Gasteiger partial charge < -0.3 is 0 Å². The minimum Gasteiger partial charge on any atom is -0.207 e. The summed E-state index contributed by atoms with van der Waals surface area (Å²) in [7, 11) is 0. The highest BCUT2D eigenvalue weighted by atomic mass is 79.9. The molecule has 1 aromatic carbocycles. The van der Waals surface area contributed by atoms with E-state index < -0.39 is 0 Å². The quantitative estimate of drug-likeness (QED) is 0.637. The van der Waals surface area contributed by atoms with Crippen molar-refractivity contribution in [1.29, 1.82) is 0 Å². The van der Waals surface area contributed by atoms with Gasteiger partial charge >= 0.3 is 0 Å². The van der Waals surface area contributed by atoms with Gasteiger partial charge in [0.05, 0.1) is 0 Å². The van der Waals surface area contributed by atoms with Crippen molar-refractivity contribution >= 4 is 15.9 Å². The van der Waals surface area contributed by atoms with Gasteiger partial charge in [0, 0.05) is 4.47 Å². The second kappa shape index (κ2) is 2.84. The van der Waals surface area contributed by atoms with Gasteiger partial charge in [-0.3, -0.25) is 0 Å². The van der Waals surface area contributed by atoms with Crippen LogP contribution in [-0.4, -0.2) is 0 Å². The molecule has 0 aliphatic heterocycles. The van der Waals surface area contributed by atoms with E-state index in [2.05, 4.69) is 22.9 Å². The molecule has 12 heavy (non-hydrogen) atoms. The van der Waals surface area contributed by atoms with Gasteiger partial charge in [-0.2, -0.15) is 0 Å². The molecule has 0 saturated heterocycles. The largest absolute Gasteiger partial charge is 0.207 e. The molecule has 0 aromatic heterocycles. The molecular weight excluding hydrogens is 219 g/mol. The van der Waals surface area contributed by atoms with Crippen LogP contribution >= 0.6 is 15.9 Å². The highest BCUT2D eigenvalue weighted by molar-refractivity contribution is 9.10. The molecule has 0 heterocycles. The molecule has 0 bridgehead atoms. The molecule has 1 aromatic rings. The Morgan fingerprint density at radius 1 is 1.50 bits per heavy atom. The molecule has 0 nitrogen and oxygen atoms in total. The number of hydrogen-bond acceptors (Lipinski definition) is 0. The molecule has 2 heteroatoms. The highest BCUT2D eigenvalue weighted by Crippen LogP contribution is 2.38. The minimum atomic E-state index is -0.0433. The van der Waals surface area contributed by atoms with Gasteiger partial charge in [-0.15, -0.1) is 0 Å². The molecule has 0 radical (unpaired) electrons. The van der Waals surface area contributed by atoms with E-state index in [9.17, 15) is 4.39 Å². The van der Waals surface area contributed by atoms with Gasteiger partial charge in [0.25, 0.3) is 0 Å². The predicted octanol–water partition coefficient (Wildman–Crippen LogP) is 3.64. The minimum absolute atomic E-state index is 0.0433. The third kappa shape index (κ3) is 1.09. The average molecular weight is 229 g/mol. The lowest BCUT2D eigenvalue weighted by molar-refractivity contribution is 0.595. The van der Waals surface area contributed by atoms with Crippen LogP contribution in [0.4, 0.5) is 4.39 Å². The molecule has 2 rings (SSSR count). The smallest absolute Gasteiger partial charge is 0.127 e. The first-order chi connectivity index (χ1) is 5.70. The molecular formula is C10H10BrF. The third-order valence-corrected chi connectivity index (χ3v) is 3.31. The van der Waals surface area contributed by atoms with E-state index in [1.54, 1.807) is 12.1 Å². The molecule has 0 amide bonds. The summed E-state index contributed by atoms with van der Waals surface area (Å²) in [6.07, 6.45) is 2.09. The van der Waals surface area contributed by atoms with Gasteiger partial charge in [-0.25, -0.2) is 4.39 Å². The molecule has 1 aliphatic rings. The summed E-state index contributed by atoms with van der Waals surface area (Å²) in [5.74, 6) is 0.343. The van der Waals surface area contributed by atoms with Gasteiger partial charge in [-0.05, 0) is 42.0 Å². The van der Waals surface area contributed by atoms with Crippen molar-refractivity contribution in [3.05, 3.63) is 33.5 Å². The van der Waals surface area contributed by atoms with Crippen LogP contribution in [0.2, 0.25) is 0 Å². The second-order valence-corrected chi connectivity index (χ2v) is 4.22. The lowest BCUT2D eigenvalue weighted by Gasteiger charge is -2.06. The zero-order valence-corrected chi connectivity index (χ0v) is 8.49. The van der Waals surface area contributed by atoms with E-state index in [4.69, 9.17) is 0 Å². The maximum absolute atomic E-state index is 13.3. The summed E-state index contributed by atoms with van der Waals surface area (Å²) in [6, 6.07) is 3.34. The Kier molecular flexibility index (Phi) is 1.95. The maximum Gasteiger partial charge on any atom is 0.127 e. The summed E-state index contributed by atoms with van der Waals surface area (Å²) >= 11 is 3.44. The van der Waals surface area contributed by atoms with E-state index in [0.29, 0.717) is 5.92 Å². The van der Waals surface area contributed by atoms with Crippen LogP contribution < -0.4 is 0 Å². The third-order valence-electron chi connectivity index (χ3n) is 2.57. The zero-order chi connectivity index (χ0) is 8.72. The molecule has 1 aliphatic carbocycles. The summed E-state index contributed by atoms with van der Waals surface area (Å²) in [4.78, 5) is 0. The first kappa shape index (κ1) is 8.24. The lowest BCUT2D eigenvalue weighted by atomic mass is 10.0. The average Bonchev–Trinajstić information content (AvgIpc) is 2.42. The molecule has 1 unspecified atom stereocenters. The summed E-state index contributed by atoms with van der Waals surface area (Å²) in [5.41, 5.74) is 2.09. The molecule has 0 fully saturated rings. The van der Waals surface area contributed by atoms with Crippen LogP contribution in [0, 0.1) is 5.82 Å². The van der Waals surface area contributed by atoms with Crippen LogP contribution in [0.3, 0.4) is 0 Å². The zero-order valence-electron chi connectivity index (χ0n) is 6.90. The van der Waals surface area contributed by atoms with Crippen LogP contribution in [0.1, 0.15) is 30.4 Å². The van der Waals surface area contributed by atoms with Crippen molar-refractivity contribution in [2.75, 3.05) is 0 Å². The number of benzene rings is 1. The molecule has 1 atom stereocenters. The van der Waals surface area contributed by atoms with Crippen molar-refractivity contribution in [3.63, 3.8) is 0 Å². The van der Waals surface area contributed by atoms with Gasteiger partial charge in [0.2, 0.25) is 0 Å². The van der Waals surface area contributed by atoms with Crippen molar-refractivity contribution in [1.82, 2.24) is 0 Å². The fraction of sp³-hybridized carbons (Fsp3) is 0.400. The Balaban J connectivity index is 2.64. The highest BCUT2D eigenvalue weighted by Gasteiger charge is 2.23. The molecule has 0 N–H and O–H groups in total. The van der Waals surface area contributed by atoms with Crippen molar-refractivity contribution < 1.29 is 4.39 Å². The monoisotopic (exact) mass is 228 g/mol. The Morgan fingerprint density at radius 2 is 2.25 bits per heavy atom. The number of fused-ring (bicyclic) bond motifs is 1. The maximum atomic E-state index is 13.3. The van der Waals surface area contributed by atoms with E-state index >= 15 is 0 Å². The summed E-state index contributed by atoms with van der Waals surface area (Å²) < 4.78 is 14.4. The Bertz CT molecular complexity index is 320. The van der Waals surface area contributed by atoms with Crippen LogP contribution in [0.5, 0.6) is 0 Å². The number of hydrogen-bond donors (Lipinski definition) is 0. The van der Waals surface area contributed by atoms with E-state index in [1.807, 2.05) is 0 Å². The number of rotatable bonds is 0. The summed E-state index contributed by atoms with van der Waals surface area (Å²) in [5, 5.41) is 0. The fourth-order valence-electron chi connectivity index (χ4n) is 1.90. The van der Waals surface area contributed by atoms with E-state index in [0.717, 1.165) is 22.9 Å². The van der Waals surface area contributed by atoms with Gasteiger partial charge in [0.1, 0.15) is 5.82 Å². The number of halogens is 2. The summed E-state index contributed by atoms with van der Waals surface area (Å²) in [6.45, 7) is 2.08. The topological polar surface area (TPSA) is 0 Å². The van der Waals surface area contributed by atoms with Crippen molar-refractivity contribution in [2.45, 2.75) is 25.7 Å². The molecule has 0 spiro atoms.